The van der Waals surface area contributed by atoms with Crippen LogP contribution in [0.25, 0.3) is 6.08 Å². The maximum atomic E-state index is 13.5. The lowest BCUT2D eigenvalue weighted by Gasteiger charge is -2.18. The number of allylic oxidation sites excluding steroid dienone is 1. The van der Waals surface area contributed by atoms with Crippen molar-refractivity contribution in [1.82, 2.24) is 0 Å². The Morgan fingerprint density at radius 1 is 0.826 bits per heavy atom. The summed E-state index contributed by atoms with van der Waals surface area (Å²) in [5.41, 5.74) is 4.95. The Balaban J connectivity index is 2.39. The molecule has 0 fully saturated rings. The molecule has 2 aromatic carbocycles. The SMILES string of the molecule is Cc1cc(C)cc(C(/C=C/c2ccc(C)c(C)c2)C(F)(F)F)c1. The molecule has 3 heteroatoms. The van der Waals surface area contributed by atoms with Gasteiger partial charge in [-0.1, -0.05) is 59.7 Å². The van der Waals surface area contributed by atoms with Gasteiger partial charge in [-0.3, -0.25) is 0 Å². The molecule has 0 aromatic heterocycles. The number of rotatable bonds is 3. The molecule has 0 radical (unpaired) electrons. The smallest absolute Gasteiger partial charge is 0.170 e. The summed E-state index contributed by atoms with van der Waals surface area (Å²) in [6, 6.07) is 10.8. The van der Waals surface area contributed by atoms with Crippen molar-refractivity contribution >= 4 is 6.08 Å². The maximum Gasteiger partial charge on any atom is 0.399 e. The molecule has 0 bridgehead atoms. The van der Waals surface area contributed by atoms with Gasteiger partial charge in [-0.15, -0.1) is 0 Å². The molecule has 1 atom stereocenters. The Labute approximate surface area is 135 Å². The fraction of sp³-hybridized carbons (Fsp3) is 0.300. The second-order valence-electron chi connectivity index (χ2n) is 6.14. The van der Waals surface area contributed by atoms with E-state index in [0.717, 1.165) is 27.8 Å². The van der Waals surface area contributed by atoms with Gasteiger partial charge in [0.2, 0.25) is 0 Å². The van der Waals surface area contributed by atoms with Crippen LogP contribution in [0.3, 0.4) is 0 Å². The number of hydrogen-bond acceptors (Lipinski definition) is 0. The summed E-state index contributed by atoms with van der Waals surface area (Å²) in [5, 5.41) is 0. The molecule has 0 saturated carbocycles. The lowest BCUT2D eigenvalue weighted by atomic mass is 9.93. The van der Waals surface area contributed by atoms with Crippen molar-refractivity contribution in [2.75, 3.05) is 0 Å². The van der Waals surface area contributed by atoms with Crippen molar-refractivity contribution < 1.29 is 13.2 Å². The van der Waals surface area contributed by atoms with E-state index in [1.165, 1.54) is 6.08 Å². The Bertz CT molecular complexity index is 704. The van der Waals surface area contributed by atoms with Gasteiger partial charge >= 0.3 is 6.18 Å². The van der Waals surface area contributed by atoms with Crippen molar-refractivity contribution in [2.24, 2.45) is 0 Å². The van der Waals surface area contributed by atoms with Crippen LogP contribution in [0.4, 0.5) is 13.2 Å². The van der Waals surface area contributed by atoms with Crippen LogP contribution in [0.15, 0.2) is 42.5 Å². The van der Waals surface area contributed by atoms with Gasteiger partial charge in [0.25, 0.3) is 0 Å². The molecule has 122 valence electrons. The quantitative estimate of drug-likeness (QED) is 0.625. The molecule has 0 heterocycles. The predicted octanol–water partition coefficient (Wildman–Crippen LogP) is 6.28. The average molecular weight is 318 g/mol. The minimum Gasteiger partial charge on any atom is -0.170 e. The fourth-order valence-corrected chi connectivity index (χ4v) is 2.67. The van der Waals surface area contributed by atoms with E-state index in [9.17, 15) is 13.2 Å². The zero-order valence-corrected chi connectivity index (χ0v) is 13.8. The Kier molecular flexibility index (Phi) is 4.98. The third kappa shape index (κ3) is 4.47. The van der Waals surface area contributed by atoms with Gasteiger partial charge in [0.05, 0.1) is 5.92 Å². The lowest BCUT2D eigenvalue weighted by Crippen LogP contribution is -2.19. The number of halogens is 3. The molecular formula is C20H21F3. The van der Waals surface area contributed by atoms with Crippen LogP contribution < -0.4 is 0 Å². The van der Waals surface area contributed by atoms with Gasteiger partial charge in [-0.05, 0) is 49.9 Å². The number of alkyl halides is 3. The first-order valence-electron chi connectivity index (χ1n) is 7.57. The molecule has 0 nitrogen and oxygen atoms in total. The van der Waals surface area contributed by atoms with Gasteiger partial charge in [0, 0.05) is 0 Å². The summed E-state index contributed by atoms with van der Waals surface area (Å²) in [7, 11) is 0. The fourth-order valence-electron chi connectivity index (χ4n) is 2.67. The summed E-state index contributed by atoms with van der Waals surface area (Å²) in [6.07, 6.45) is -1.50. The van der Waals surface area contributed by atoms with E-state index in [0.29, 0.717) is 0 Å². The second kappa shape index (κ2) is 6.61. The second-order valence-corrected chi connectivity index (χ2v) is 6.14. The molecule has 0 aliphatic heterocycles. The predicted molar refractivity (Wildman–Crippen MR) is 89.7 cm³/mol. The molecule has 2 aromatic rings. The van der Waals surface area contributed by atoms with Crippen LogP contribution in [0.1, 0.15) is 39.3 Å². The van der Waals surface area contributed by atoms with E-state index in [1.54, 1.807) is 18.2 Å². The molecular weight excluding hydrogens is 297 g/mol. The van der Waals surface area contributed by atoms with Gasteiger partial charge in [-0.2, -0.15) is 13.2 Å². The van der Waals surface area contributed by atoms with Crippen LogP contribution >= 0.6 is 0 Å². The highest BCUT2D eigenvalue weighted by atomic mass is 19.4. The van der Waals surface area contributed by atoms with E-state index in [-0.39, 0.29) is 5.56 Å². The van der Waals surface area contributed by atoms with Crippen LogP contribution in [-0.2, 0) is 0 Å². The highest BCUT2D eigenvalue weighted by Crippen LogP contribution is 2.37. The molecule has 0 N–H and O–H groups in total. The van der Waals surface area contributed by atoms with Crippen molar-refractivity contribution in [2.45, 2.75) is 39.8 Å². The van der Waals surface area contributed by atoms with Crippen molar-refractivity contribution in [1.29, 1.82) is 0 Å². The lowest BCUT2D eigenvalue weighted by molar-refractivity contribution is -0.139. The number of benzene rings is 2. The van der Waals surface area contributed by atoms with Crippen molar-refractivity contribution in [3.63, 3.8) is 0 Å². The Morgan fingerprint density at radius 2 is 1.43 bits per heavy atom. The topological polar surface area (TPSA) is 0 Å². The van der Waals surface area contributed by atoms with Crippen LogP contribution in [0.5, 0.6) is 0 Å². The zero-order chi connectivity index (χ0) is 17.2. The molecule has 0 saturated heterocycles. The van der Waals surface area contributed by atoms with E-state index < -0.39 is 12.1 Å². The number of hydrogen-bond donors (Lipinski definition) is 0. The molecule has 23 heavy (non-hydrogen) atoms. The van der Waals surface area contributed by atoms with E-state index >= 15 is 0 Å². The first-order chi connectivity index (χ1) is 10.7. The Morgan fingerprint density at radius 3 is 1.96 bits per heavy atom. The third-order valence-electron chi connectivity index (χ3n) is 3.97. The highest BCUT2D eigenvalue weighted by Gasteiger charge is 2.38. The Hall–Kier alpha value is -2.03. The summed E-state index contributed by atoms with van der Waals surface area (Å²) in [6.45, 7) is 7.57. The summed E-state index contributed by atoms with van der Waals surface area (Å²) in [4.78, 5) is 0. The summed E-state index contributed by atoms with van der Waals surface area (Å²) >= 11 is 0. The van der Waals surface area contributed by atoms with Crippen LogP contribution in [-0.4, -0.2) is 6.18 Å². The first kappa shape index (κ1) is 17.3. The monoisotopic (exact) mass is 318 g/mol. The zero-order valence-electron chi connectivity index (χ0n) is 13.8. The van der Waals surface area contributed by atoms with Gasteiger partial charge < -0.3 is 0 Å². The largest absolute Gasteiger partial charge is 0.399 e. The van der Waals surface area contributed by atoms with Gasteiger partial charge in [0.15, 0.2) is 0 Å². The molecule has 2 rings (SSSR count). The molecule has 0 spiro atoms. The molecule has 0 aliphatic rings. The van der Waals surface area contributed by atoms with Gasteiger partial charge in [0.1, 0.15) is 0 Å². The minimum atomic E-state index is -4.31. The van der Waals surface area contributed by atoms with E-state index in [4.69, 9.17) is 0 Å². The molecule has 1 unspecified atom stereocenters. The van der Waals surface area contributed by atoms with Crippen molar-refractivity contribution in [3.8, 4) is 0 Å². The van der Waals surface area contributed by atoms with Crippen LogP contribution in [0, 0.1) is 27.7 Å². The standard InChI is InChI=1S/C20H21F3/c1-13-9-14(2)11-18(10-13)19(20(21,22)23)8-7-17-6-5-15(3)16(4)12-17/h5-12,19H,1-4H3/b8-7+. The van der Waals surface area contributed by atoms with Crippen molar-refractivity contribution in [3.05, 3.63) is 75.9 Å². The summed E-state index contributed by atoms with van der Waals surface area (Å²) in [5.74, 6) is -1.59. The number of aryl methyl sites for hydroxylation is 4. The normalized spacial score (nSPS) is 13.5. The first-order valence-corrected chi connectivity index (χ1v) is 7.57. The maximum absolute atomic E-state index is 13.5. The van der Waals surface area contributed by atoms with E-state index in [2.05, 4.69) is 0 Å². The van der Waals surface area contributed by atoms with Gasteiger partial charge in [-0.25, -0.2) is 0 Å². The third-order valence-corrected chi connectivity index (χ3v) is 3.97. The average Bonchev–Trinajstić information content (AvgIpc) is 2.40. The molecule has 0 amide bonds. The molecule has 0 aliphatic carbocycles. The summed E-state index contributed by atoms with van der Waals surface area (Å²) < 4.78 is 40.4. The van der Waals surface area contributed by atoms with E-state index in [1.807, 2.05) is 52.0 Å². The minimum absolute atomic E-state index is 0.287. The highest BCUT2D eigenvalue weighted by molar-refractivity contribution is 5.53. The van der Waals surface area contributed by atoms with Crippen LogP contribution in [0.2, 0.25) is 0 Å².